The molecule has 0 bridgehead atoms. The van der Waals surface area contributed by atoms with Gasteiger partial charge < -0.3 is 10.1 Å². The summed E-state index contributed by atoms with van der Waals surface area (Å²) in [5, 5.41) is 3.37. The second-order valence-corrected chi connectivity index (χ2v) is 6.90. The first-order valence-corrected chi connectivity index (χ1v) is 8.34. The van der Waals surface area contributed by atoms with Gasteiger partial charge in [-0.3, -0.25) is 0 Å². The smallest absolute Gasteiger partial charge is 0.141 e. The molecule has 0 aliphatic heterocycles. The van der Waals surface area contributed by atoms with Gasteiger partial charge in [-0.2, -0.15) is 0 Å². The second kappa shape index (κ2) is 6.46. The Balaban J connectivity index is 1.77. The summed E-state index contributed by atoms with van der Waals surface area (Å²) < 4.78 is 21.3. The fourth-order valence-corrected chi connectivity index (χ4v) is 3.14. The molecule has 0 atom stereocenters. The van der Waals surface area contributed by atoms with E-state index in [0.717, 1.165) is 14.5 Å². The van der Waals surface area contributed by atoms with E-state index < -0.39 is 0 Å². The number of rotatable bonds is 5. The molecule has 0 heterocycles. The summed E-state index contributed by atoms with van der Waals surface area (Å²) in [5.74, 6) is 0.879. The van der Waals surface area contributed by atoms with Crippen LogP contribution < -0.4 is 10.1 Å². The van der Waals surface area contributed by atoms with Crippen LogP contribution in [0, 0.1) is 5.82 Å². The van der Waals surface area contributed by atoms with Gasteiger partial charge in [0.25, 0.3) is 0 Å². The van der Waals surface area contributed by atoms with Gasteiger partial charge in [0.1, 0.15) is 17.3 Å². The maximum atomic E-state index is 13.7. The highest BCUT2D eigenvalue weighted by atomic mass is 79.9. The molecule has 3 rings (SSSR count). The van der Waals surface area contributed by atoms with Gasteiger partial charge in [-0.05, 0) is 64.7 Å². The van der Waals surface area contributed by atoms with E-state index in [9.17, 15) is 4.39 Å². The van der Waals surface area contributed by atoms with Crippen molar-refractivity contribution in [3.8, 4) is 11.5 Å². The van der Waals surface area contributed by atoms with Crippen LogP contribution in [0.2, 0.25) is 0 Å². The van der Waals surface area contributed by atoms with Gasteiger partial charge in [-0.1, -0.05) is 15.9 Å². The van der Waals surface area contributed by atoms with Crippen molar-refractivity contribution in [2.24, 2.45) is 0 Å². The van der Waals surface area contributed by atoms with E-state index in [1.54, 1.807) is 6.07 Å². The number of ether oxygens (including phenoxy) is 1. The van der Waals surface area contributed by atoms with Gasteiger partial charge in [-0.15, -0.1) is 0 Å². The molecule has 2 aromatic carbocycles. The maximum absolute atomic E-state index is 13.7. The van der Waals surface area contributed by atoms with Gasteiger partial charge in [-0.25, -0.2) is 4.39 Å². The van der Waals surface area contributed by atoms with Crippen LogP contribution in [0.25, 0.3) is 0 Å². The Hall–Kier alpha value is -0.910. The zero-order valence-corrected chi connectivity index (χ0v) is 14.4. The van der Waals surface area contributed by atoms with Crippen LogP contribution in [0.1, 0.15) is 18.4 Å². The lowest BCUT2D eigenvalue weighted by atomic mass is 10.2. The van der Waals surface area contributed by atoms with Crippen LogP contribution in [-0.2, 0) is 6.54 Å². The maximum Gasteiger partial charge on any atom is 0.141 e. The summed E-state index contributed by atoms with van der Waals surface area (Å²) in [5.41, 5.74) is 0.894. The lowest BCUT2D eigenvalue weighted by molar-refractivity contribution is 0.472. The van der Waals surface area contributed by atoms with Crippen molar-refractivity contribution in [1.29, 1.82) is 0 Å². The van der Waals surface area contributed by atoms with Gasteiger partial charge in [0, 0.05) is 23.1 Å². The van der Waals surface area contributed by atoms with Crippen LogP contribution in [0.4, 0.5) is 4.39 Å². The van der Waals surface area contributed by atoms with Crippen molar-refractivity contribution < 1.29 is 9.13 Å². The first-order chi connectivity index (χ1) is 10.1. The summed E-state index contributed by atoms with van der Waals surface area (Å²) >= 11 is 6.83. The number of halogens is 3. The minimum absolute atomic E-state index is 0.284. The summed E-state index contributed by atoms with van der Waals surface area (Å²) in [7, 11) is 0. The van der Waals surface area contributed by atoms with E-state index in [1.807, 2.05) is 24.3 Å². The molecule has 2 nitrogen and oxygen atoms in total. The Morgan fingerprint density at radius 1 is 1.14 bits per heavy atom. The third-order valence-corrected chi connectivity index (χ3v) is 4.34. The molecule has 1 fully saturated rings. The monoisotopic (exact) mass is 413 g/mol. The van der Waals surface area contributed by atoms with Gasteiger partial charge in [0.15, 0.2) is 0 Å². The van der Waals surface area contributed by atoms with E-state index in [2.05, 4.69) is 37.2 Å². The van der Waals surface area contributed by atoms with E-state index in [4.69, 9.17) is 4.74 Å². The van der Waals surface area contributed by atoms with Crippen LogP contribution in [-0.4, -0.2) is 6.04 Å². The normalized spacial score (nSPS) is 14.2. The van der Waals surface area contributed by atoms with E-state index >= 15 is 0 Å². The molecule has 1 saturated carbocycles. The Kier molecular flexibility index (Phi) is 4.62. The van der Waals surface area contributed by atoms with Crippen molar-refractivity contribution in [3.63, 3.8) is 0 Å². The van der Waals surface area contributed by atoms with Crippen LogP contribution in [0.3, 0.4) is 0 Å². The molecule has 0 spiro atoms. The molecule has 2 aromatic rings. The van der Waals surface area contributed by atoms with Crippen molar-refractivity contribution in [3.05, 3.63) is 56.7 Å². The third kappa shape index (κ3) is 4.28. The lowest BCUT2D eigenvalue weighted by Gasteiger charge is -2.10. The number of hydrogen-bond donors (Lipinski definition) is 1. The van der Waals surface area contributed by atoms with Gasteiger partial charge in [0.2, 0.25) is 0 Å². The molecule has 110 valence electrons. The zero-order valence-electron chi connectivity index (χ0n) is 11.2. The molecule has 21 heavy (non-hydrogen) atoms. The Bertz CT molecular complexity index is 659. The Labute approximate surface area is 140 Å². The van der Waals surface area contributed by atoms with Crippen LogP contribution >= 0.6 is 31.9 Å². The summed E-state index contributed by atoms with van der Waals surface area (Å²) in [6, 6.07) is 11.0. The van der Waals surface area contributed by atoms with Crippen molar-refractivity contribution in [1.82, 2.24) is 5.32 Å². The molecule has 1 aliphatic carbocycles. The Morgan fingerprint density at radius 2 is 1.95 bits per heavy atom. The van der Waals surface area contributed by atoms with Crippen molar-refractivity contribution in [2.75, 3.05) is 0 Å². The first-order valence-electron chi connectivity index (χ1n) is 6.76. The number of benzene rings is 2. The van der Waals surface area contributed by atoms with Crippen molar-refractivity contribution in [2.45, 2.75) is 25.4 Å². The predicted octanol–water partition coefficient (Wildman–Crippen LogP) is 5.40. The lowest BCUT2D eigenvalue weighted by Crippen LogP contribution is -2.15. The summed E-state index contributed by atoms with van der Waals surface area (Å²) in [6.45, 7) is 0.667. The highest BCUT2D eigenvalue weighted by Gasteiger charge is 2.20. The van der Waals surface area contributed by atoms with Crippen LogP contribution in [0.5, 0.6) is 11.5 Å². The molecule has 0 unspecified atom stereocenters. The largest absolute Gasteiger partial charge is 0.456 e. The quantitative estimate of drug-likeness (QED) is 0.707. The van der Waals surface area contributed by atoms with E-state index in [0.29, 0.717) is 24.1 Å². The predicted molar refractivity (Wildman–Crippen MR) is 88.2 cm³/mol. The molecule has 5 heteroatoms. The number of nitrogens with one attached hydrogen (secondary N) is 1. The topological polar surface area (TPSA) is 21.3 Å². The second-order valence-electron chi connectivity index (χ2n) is 5.13. The van der Waals surface area contributed by atoms with Gasteiger partial charge in [0.05, 0.1) is 4.47 Å². The molecule has 1 N–H and O–H groups in total. The van der Waals surface area contributed by atoms with Crippen molar-refractivity contribution >= 4 is 31.9 Å². The molecule has 0 radical (unpaired) electrons. The average molecular weight is 415 g/mol. The summed E-state index contributed by atoms with van der Waals surface area (Å²) in [4.78, 5) is 0. The molecular weight excluding hydrogens is 401 g/mol. The minimum Gasteiger partial charge on any atom is -0.456 e. The zero-order chi connectivity index (χ0) is 14.8. The van der Waals surface area contributed by atoms with Crippen LogP contribution in [0.15, 0.2) is 45.3 Å². The molecule has 0 amide bonds. The molecule has 0 saturated heterocycles. The highest BCUT2D eigenvalue weighted by molar-refractivity contribution is 9.11. The SMILES string of the molecule is Fc1cc(CNC2CC2)cc(Oc2ccc(Br)cc2Br)c1. The summed E-state index contributed by atoms with van der Waals surface area (Å²) in [6.07, 6.45) is 2.43. The fourth-order valence-electron chi connectivity index (χ4n) is 2.02. The number of hydrogen-bond acceptors (Lipinski definition) is 2. The van der Waals surface area contributed by atoms with E-state index in [-0.39, 0.29) is 5.82 Å². The highest BCUT2D eigenvalue weighted by Crippen LogP contribution is 2.32. The fraction of sp³-hybridized carbons (Fsp3) is 0.250. The Morgan fingerprint density at radius 3 is 2.67 bits per heavy atom. The molecular formula is C16H14Br2FNO. The minimum atomic E-state index is -0.284. The standard InChI is InChI=1S/C16H14Br2FNO/c17-11-1-4-16(15(18)7-11)21-14-6-10(5-12(19)8-14)9-20-13-2-3-13/h1,4-8,13,20H,2-3,9H2. The first kappa shape index (κ1) is 15.0. The van der Waals surface area contributed by atoms with E-state index in [1.165, 1.54) is 18.9 Å². The molecule has 1 aliphatic rings. The third-order valence-electron chi connectivity index (χ3n) is 3.23. The van der Waals surface area contributed by atoms with Gasteiger partial charge >= 0.3 is 0 Å². The molecule has 0 aromatic heterocycles. The average Bonchev–Trinajstić information content (AvgIpc) is 3.23.